The van der Waals surface area contributed by atoms with Crippen molar-refractivity contribution in [2.45, 2.75) is 31.4 Å². The minimum Gasteiger partial charge on any atom is -0.300 e. The first kappa shape index (κ1) is 7.38. The maximum absolute atomic E-state index is 13.0. The first-order valence-electron chi connectivity index (χ1n) is 3.33. The van der Waals surface area contributed by atoms with E-state index in [1.165, 1.54) is 0 Å². The Morgan fingerprint density at radius 3 is 2.30 bits per heavy atom. The summed E-state index contributed by atoms with van der Waals surface area (Å²) < 4.78 is 13.0. The van der Waals surface area contributed by atoms with E-state index >= 15 is 0 Å². The Morgan fingerprint density at radius 1 is 1.40 bits per heavy atom. The molecular weight excluding hydrogens is 135 g/mol. The average Bonchev–Trinajstić information content (AvgIpc) is 1.96. The number of alkyl halides is 1. The summed E-state index contributed by atoms with van der Waals surface area (Å²) >= 11 is 0. The summed E-state index contributed by atoms with van der Waals surface area (Å²) in [4.78, 5) is 20.7. The van der Waals surface area contributed by atoms with Crippen LogP contribution in [0.4, 0.5) is 4.39 Å². The Bertz CT molecular complexity index is 155. The predicted octanol–water partition coefficient (Wildman–Crippen LogP) is 1.04. The van der Waals surface area contributed by atoms with Gasteiger partial charge in [0.05, 0.1) is 0 Å². The van der Waals surface area contributed by atoms with Gasteiger partial charge in [-0.1, -0.05) is 0 Å². The summed E-state index contributed by atoms with van der Waals surface area (Å²) in [5, 5.41) is 0. The van der Waals surface area contributed by atoms with Gasteiger partial charge >= 0.3 is 0 Å². The van der Waals surface area contributed by atoms with E-state index in [1.54, 1.807) is 0 Å². The van der Waals surface area contributed by atoms with E-state index in [0.717, 1.165) is 0 Å². The molecule has 0 N–H and O–H groups in total. The normalized spacial score (nSPS) is 24.3. The molecule has 0 amide bonds. The van der Waals surface area contributed by atoms with Crippen molar-refractivity contribution in [1.82, 2.24) is 0 Å². The van der Waals surface area contributed by atoms with Crippen molar-refractivity contribution in [2.24, 2.45) is 0 Å². The highest BCUT2D eigenvalue weighted by Gasteiger charge is 2.33. The van der Waals surface area contributed by atoms with Crippen LogP contribution in [0.3, 0.4) is 0 Å². The lowest BCUT2D eigenvalue weighted by Crippen LogP contribution is -2.30. The highest BCUT2D eigenvalue weighted by Crippen LogP contribution is 2.27. The minimum absolute atomic E-state index is 0.0649. The SMILES string of the molecule is O=CC1(F)CCC(=O)CC1. The van der Waals surface area contributed by atoms with Crippen LogP contribution in [-0.2, 0) is 9.59 Å². The van der Waals surface area contributed by atoms with Gasteiger partial charge in [-0.25, -0.2) is 4.39 Å². The molecular formula is C7H9FO2. The summed E-state index contributed by atoms with van der Waals surface area (Å²) in [7, 11) is 0. The molecule has 1 aliphatic carbocycles. The molecule has 0 saturated heterocycles. The standard InChI is InChI=1S/C7H9FO2/c8-7(5-9)3-1-6(10)2-4-7/h5H,1-4H2. The highest BCUT2D eigenvalue weighted by atomic mass is 19.1. The summed E-state index contributed by atoms with van der Waals surface area (Å²) in [6.07, 6.45) is 0.911. The van der Waals surface area contributed by atoms with Crippen LogP contribution in [-0.4, -0.2) is 17.7 Å². The van der Waals surface area contributed by atoms with Gasteiger partial charge in [0.1, 0.15) is 5.78 Å². The molecule has 10 heavy (non-hydrogen) atoms. The van der Waals surface area contributed by atoms with Crippen LogP contribution in [0.15, 0.2) is 0 Å². The quantitative estimate of drug-likeness (QED) is 0.515. The molecule has 0 aromatic heterocycles. The number of aldehydes is 1. The molecule has 0 bridgehead atoms. The smallest absolute Gasteiger partial charge is 0.166 e. The number of carbonyl (C=O) groups is 2. The lowest BCUT2D eigenvalue weighted by molar-refractivity contribution is -0.127. The third kappa shape index (κ3) is 1.40. The molecule has 0 aromatic carbocycles. The molecule has 1 aliphatic rings. The summed E-state index contributed by atoms with van der Waals surface area (Å²) in [5.74, 6) is 0.0649. The molecule has 1 saturated carbocycles. The fraction of sp³-hybridized carbons (Fsp3) is 0.714. The lowest BCUT2D eigenvalue weighted by atomic mass is 9.87. The monoisotopic (exact) mass is 144 g/mol. The Morgan fingerprint density at radius 2 is 1.90 bits per heavy atom. The van der Waals surface area contributed by atoms with Gasteiger partial charge in [-0.3, -0.25) is 9.59 Å². The fourth-order valence-electron chi connectivity index (χ4n) is 1.06. The van der Waals surface area contributed by atoms with Crippen LogP contribution < -0.4 is 0 Å². The third-order valence-corrected chi connectivity index (χ3v) is 1.85. The summed E-state index contributed by atoms with van der Waals surface area (Å²) in [5.41, 5.74) is -1.70. The van der Waals surface area contributed by atoms with Crippen LogP contribution in [0.2, 0.25) is 0 Å². The largest absolute Gasteiger partial charge is 0.300 e. The highest BCUT2D eigenvalue weighted by molar-refractivity contribution is 5.81. The van der Waals surface area contributed by atoms with Gasteiger partial charge in [-0.15, -0.1) is 0 Å². The Hall–Kier alpha value is -0.730. The van der Waals surface area contributed by atoms with Gasteiger partial charge in [0.15, 0.2) is 12.0 Å². The first-order valence-corrected chi connectivity index (χ1v) is 3.33. The zero-order chi connectivity index (χ0) is 7.61. The number of carbonyl (C=O) groups excluding carboxylic acids is 2. The fourth-order valence-corrected chi connectivity index (χ4v) is 1.06. The molecule has 2 nitrogen and oxygen atoms in total. The van der Waals surface area contributed by atoms with E-state index in [4.69, 9.17) is 0 Å². The van der Waals surface area contributed by atoms with Crippen molar-refractivity contribution >= 4 is 12.1 Å². The molecule has 0 atom stereocenters. The number of hydrogen-bond acceptors (Lipinski definition) is 2. The maximum atomic E-state index is 13.0. The van der Waals surface area contributed by atoms with Crippen molar-refractivity contribution in [3.8, 4) is 0 Å². The van der Waals surface area contributed by atoms with Gasteiger partial charge in [-0.05, 0) is 12.8 Å². The van der Waals surface area contributed by atoms with E-state index in [-0.39, 0.29) is 31.5 Å². The van der Waals surface area contributed by atoms with Crippen LogP contribution in [0.1, 0.15) is 25.7 Å². The van der Waals surface area contributed by atoms with E-state index < -0.39 is 5.67 Å². The van der Waals surface area contributed by atoms with E-state index in [0.29, 0.717) is 6.29 Å². The molecule has 0 aliphatic heterocycles. The van der Waals surface area contributed by atoms with Crippen molar-refractivity contribution in [3.05, 3.63) is 0 Å². The number of Topliss-reactive ketones (excluding diaryl/α,β-unsaturated/α-hetero) is 1. The number of hydrogen-bond donors (Lipinski definition) is 0. The van der Waals surface area contributed by atoms with Crippen LogP contribution in [0.5, 0.6) is 0 Å². The Labute approximate surface area is 58.4 Å². The third-order valence-electron chi connectivity index (χ3n) is 1.85. The molecule has 0 aromatic rings. The number of rotatable bonds is 1. The maximum Gasteiger partial charge on any atom is 0.166 e. The topological polar surface area (TPSA) is 34.1 Å². The van der Waals surface area contributed by atoms with Gasteiger partial charge in [0.2, 0.25) is 0 Å². The van der Waals surface area contributed by atoms with Crippen molar-refractivity contribution < 1.29 is 14.0 Å². The average molecular weight is 144 g/mol. The second-order valence-electron chi connectivity index (χ2n) is 2.69. The van der Waals surface area contributed by atoms with Gasteiger partial charge in [-0.2, -0.15) is 0 Å². The van der Waals surface area contributed by atoms with Crippen molar-refractivity contribution in [1.29, 1.82) is 0 Å². The second-order valence-corrected chi connectivity index (χ2v) is 2.69. The molecule has 56 valence electrons. The summed E-state index contributed by atoms with van der Waals surface area (Å²) in [6.45, 7) is 0. The Kier molecular flexibility index (Phi) is 1.83. The van der Waals surface area contributed by atoms with Crippen LogP contribution in [0, 0.1) is 0 Å². The summed E-state index contributed by atoms with van der Waals surface area (Å²) in [6, 6.07) is 0. The predicted molar refractivity (Wildman–Crippen MR) is 33.4 cm³/mol. The lowest BCUT2D eigenvalue weighted by Gasteiger charge is -2.22. The van der Waals surface area contributed by atoms with Gasteiger partial charge in [0, 0.05) is 12.8 Å². The zero-order valence-electron chi connectivity index (χ0n) is 5.60. The molecule has 3 heteroatoms. The number of ketones is 1. The van der Waals surface area contributed by atoms with E-state index in [2.05, 4.69) is 0 Å². The minimum atomic E-state index is -1.70. The number of halogens is 1. The van der Waals surface area contributed by atoms with Crippen LogP contribution in [0.25, 0.3) is 0 Å². The molecule has 0 heterocycles. The zero-order valence-corrected chi connectivity index (χ0v) is 5.60. The molecule has 1 fully saturated rings. The molecule has 0 radical (unpaired) electrons. The van der Waals surface area contributed by atoms with Crippen molar-refractivity contribution in [3.63, 3.8) is 0 Å². The van der Waals surface area contributed by atoms with Gasteiger partial charge in [0.25, 0.3) is 0 Å². The van der Waals surface area contributed by atoms with Gasteiger partial charge < -0.3 is 0 Å². The van der Waals surface area contributed by atoms with E-state index in [9.17, 15) is 14.0 Å². The molecule has 0 spiro atoms. The van der Waals surface area contributed by atoms with Crippen LogP contribution >= 0.6 is 0 Å². The van der Waals surface area contributed by atoms with E-state index in [1.807, 2.05) is 0 Å². The molecule has 0 unspecified atom stereocenters. The second kappa shape index (κ2) is 2.48. The molecule has 1 rings (SSSR count). The first-order chi connectivity index (χ1) is 4.66. The Balaban J connectivity index is 2.53. The van der Waals surface area contributed by atoms with Crippen molar-refractivity contribution in [2.75, 3.05) is 0 Å².